The standard InChI is InChI=1S/C37H34FN3O6S/c1-46-32-18-12-28(13-19-32)25-41(36(29-10-6-3-7-11-29)37(43)39-24-27-8-4-2-5-9-27)35(42)26-47-33-20-22-34(23-21-33)48(44,45)40-31-16-14-30(38)15-17-31/h2-23,36,40H,24-26H2,1H3,(H,39,43)/t36-/m0/s1. The van der Waals surface area contributed by atoms with Gasteiger partial charge < -0.3 is 19.7 Å². The molecule has 0 aliphatic heterocycles. The first kappa shape index (κ1) is 33.7. The molecule has 2 amide bonds. The molecular weight excluding hydrogens is 633 g/mol. The van der Waals surface area contributed by atoms with E-state index < -0.39 is 34.4 Å². The third-order valence-corrected chi connectivity index (χ3v) is 8.81. The SMILES string of the molecule is COc1ccc(CN(C(=O)COc2ccc(S(=O)(=O)Nc3ccc(F)cc3)cc2)[C@H](C(=O)NCc2ccccc2)c2ccccc2)cc1. The van der Waals surface area contributed by atoms with E-state index >= 15 is 0 Å². The Labute approximate surface area is 279 Å². The van der Waals surface area contributed by atoms with Gasteiger partial charge in [0, 0.05) is 18.8 Å². The molecule has 0 fully saturated rings. The number of nitrogens with zero attached hydrogens (tertiary/aromatic N) is 1. The lowest BCUT2D eigenvalue weighted by Crippen LogP contribution is -2.45. The van der Waals surface area contributed by atoms with E-state index in [-0.39, 0.29) is 35.3 Å². The number of hydrogen-bond acceptors (Lipinski definition) is 6. The monoisotopic (exact) mass is 667 g/mol. The summed E-state index contributed by atoms with van der Waals surface area (Å²) in [5.41, 5.74) is 2.50. The molecule has 0 saturated carbocycles. The number of hydrogen-bond donors (Lipinski definition) is 2. The summed E-state index contributed by atoms with van der Waals surface area (Å²) in [6.07, 6.45) is 0. The average molecular weight is 668 g/mol. The number of carbonyl (C=O) groups is 2. The molecule has 1 atom stereocenters. The summed E-state index contributed by atoms with van der Waals surface area (Å²) in [5, 5.41) is 2.98. The maximum Gasteiger partial charge on any atom is 0.261 e. The molecule has 0 aliphatic rings. The zero-order valence-electron chi connectivity index (χ0n) is 26.1. The molecule has 0 bridgehead atoms. The number of amides is 2. The van der Waals surface area contributed by atoms with E-state index in [9.17, 15) is 22.4 Å². The van der Waals surface area contributed by atoms with Gasteiger partial charge in [-0.3, -0.25) is 14.3 Å². The first-order chi connectivity index (χ1) is 23.2. The second-order valence-electron chi connectivity index (χ2n) is 10.8. The van der Waals surface area contributed by atoms with Crippen LogP contribution in [0.1, 0.15) is 22.7 Å². The van der Waals surface area contributed by atoms with Crippen LogP contribution in [0.3, 0.4) is 0 Å². The summed E-state index contributed by atoms with van der Waals surface area (Å²) in [4.78, 5) is 29.2. The number of benzene rings is 5. The van der Waals surface area contributed by atoms with Crippen LogP contribution < -0.4 is 19.5 Å². The molecule has 11 heteroatoms. The Kier molecular flexibility index (Phi) is 11.0. The topological polar surface area (TPSA) is 114 Å². The average Bonchev–Trinajstić information content (AvgIpc) is 3.11. The van der Waals surface area contributed by atoms with Crippen LogP contribution in [0.15, 0.2) is 138 Å². The summed E-state index contributed by atoms with van der Waals surface area (Å²) in [5.74, 6) is -0.421. The van der Waals surface area contributed by atoms with Gasteiger partial charge in [-0.15, -0.1) is 0 Å². The Balaban J connectivity index is 1.36. The van der Waals surface area contributed by atoms with Crippen molar-refractivity contribution in [2.45, 2.75) is 24.0 Å². The molecule has 0 spiro atoms. The van der Waals surface area contributed by atoms with Crippen LogP contribution in [0, 0.1) is 5.82 Å². The quantitative estimate of drug-likeness (QED) is 0.148. The summed E-state index contributed by atoms with van der Waals surface area (Å²) in [6.45, 7) is -0.0581. The first-order valence-corrected chi connectivity index (χ1v) is 16.5. The highest BCUT2D eigenvalue weighted by Crippen LogP contribution is 2.26. The molecule has 2 N–H and O–H groups in total. The minimum absolute atomic E-state index is 0.0501. The number of anilines is 1. The smallest absolute Gasteiger partial charge is 0.261 e. The van der Waals surface area contributed by atoms with E-state index in [1.807, 2.05) is 48.5 Å². The number of nitrogens with one attached hydrogen (secondary N) is 2. The predicted molar refractivity (Wildman–Crippen MR) is 180 cm³/mol. The molecule has 0 aromatic heterocycles. The van der Waals surface area contributed by atoms with Crippen LogP contribution in [0.2, 0.25) is 0 Å². The van der Waals surface area contributed by atoms with Crippen LogP contribution in [0.5, 0.6) is 11.5 Å². The number of ether oxygens (including phenoxy) is 2. The molecule has 5 aromatic carbocycles. The highest BCUT2D eigenvalue weighted by Gasteiger charge is 2.32. The molecule has 0 radical (unpaired) electrons. The number of carbonyl (C=O) groups excluding carboxylic acids is 2. The molecule has 246 valence electrons. The van der Waals surface area contributed by atoms with E-state index in [0.717, 1.165) is 23.3 Å². The third kappa shape index (κ3) is 8.98. The van der Waals surface area contributed by atoms with E-state index in [0.29, 0.717) is 11.3 Å². The second kappa shape index (κ2) is 15.7. The molecule has 5 aromatic rings. The minimum atomic E-state index is -3.96. The molecule has 0 aliphatic carbocycles. The third-order valence-electron chi connectivity index (χ3n) is 7.41. The Morgan fingerprint density at radius 1 is 0.750 bits per heavy atom. The van der Waals surface area contributed by atoms with Gasteiger partial charge in [0.05, 0.1) is 12.0 Å². The highest BCUT2D eigenvalue weighted by molar-refractivity contribution is 7.92. The van der Waals surface area contributed by atoms with Crippen molar-refractivity contribution in [1.29, 1.82) is 0 Å². The van der Waals surface area contributed by atoms with Crippen LogP contribution in [0.4, 0.5) is 10.1 Å². The van der Waals surface area contributed by atoms with Gasteiger partial charge in [-0.05, 0) is 77.4 Å². The van der Waals surface area contributed by atoms with Crippen LogP contribution in [0.25, 0.3) is 0 Å². The summed E-state index contributed by atoms with van der Waals surface area (Å²) >= 11 is 0. The van der Waals surface area contributed by atoms with Crippen LogP contribution >= 0.6 is 0 Å². The van der Waals surface area contributed by atoms with Gasteiger partial charge >= 0.3 is 0 Å². The Morgan fingerprint density at radius 3 is 1.98 bits per heavy atom. The molecular formula is C37H34FN3O6S. The number of methoxy groups -OCH3 is 1. The van der Waals surface area contributed by atoms with Crippen molar-refractivity contribution in [3.63, 3.8) is 0 Å². The van der Waals surface area contributed by atoms with E-state index in [4.69, 9.17) is 9.47 Å². The van der Waals surface area contributed by atoms with Gasteiger partial charge in [-0.1, -0.05) is 72.8 Å². The van der Waals surface area contributed by atoms with Gasteiger partial charge in [0.2, 0.25) is 5.91 Å². The first-order valence-electron chi connectivity index (χ1n) is 15.0. The predicted octanol–water partition coefficient (Wildman–Crippen LogP) is 6.10. The second-order valence-corrected chi connectivity index (χ2v) is 12.4. The Hall–Kier alpha value is -5.68. The maximum absolute atomic E-state index is 14.0. The fourth-order valence-corrected chi connectivity index (χ4v) is 5.97. The summed E-state index contributed by atoms with van der Waals surface area (Å²) in [7, 11) is -2.40. The fourth-order valence-electron chi connectivity index (χ4n) is 4.92. The van der Waals surface area contributed by atoms with Crippen LogP contribution in [-0.2, 0) is 32.7 Å². The summed E-state index contributed by atoms with van der Waals surface area (Å²) < 4.78 is 52.4. The van der Waals surface area contributed by atoms with Crippen molar-refractivity contribution in [2.24, 2.45) is 0 Å². The number of sulfonamides is 1. The zero-order valence-corrected chi connectivity index (χ0v) is 26.9. The highest BCUT2D eigenvalue weighted by atomic mass is 32.2. The van der Waals surface area contributed by atoms with Crippen molar-refractivity contribution in [2.75, 3.05) is 18.4 Å². The maximum atomic E-state index is 14.0. The van der Waals surface area contributed by atoms with E-state index in [2.05, 4.69) is 10.0 Å². The lowest BCUT2D eigenvalue weighted by Gasteiger charge is -2.31. The van der Waals surface area contributed by atoms with Crippen molar-refractivity contribution >= 4 is 27.5 Å². The Bertz CT molecular complexity index is 1910. The minimum Gasteiger partial charge on any atom is -0.497 e. The number of halogens is 1. The van der Waals surface area contributed by atoms with Gasteiger partial charge in [0.1, 0.15) is 23.4 Å². The van der Waals surface area contributed by atoms with Gasteiger partial charge in [0.25, 0.3) is 15.9 Å². The normalized spacial score (nSPS) is 11.6. The van der Waals surface area contributed by atoms with E-state index in [1.54, 1.807) is 43.5 Å². The van der Waals surface area contributed by atoms with Gasteiger partial charge in [-0.2, -0.15) is 0 Å². The van der Waals surface area contributed by atoms with Crippen molar-refractivity contribution in [3.8, 4) is 11.5 Å². The molecule has 48 heavy (non-hydrogen) atoms. The molecule has 0 saturated heterocycles. The lowest BCUT2D eigenvalue weighted by molar-refractivity contribution is -0.143. The molecule has 0 heterocycles. The van der Waals surface area contributed by atoms with Gasteiger partial charge in [-0.25, -0.2) is 12.8 Å². The summed E-state index contributed by atoms with van der Waals surface area (Å²) in [6, 6.07) is 35.2. The lowest BCUT2D eigenvalue weighted by atomic mass is 10.0. The number of rotatable bonds is 14. The molecule has 0 unspecified atom stereocenters. The molecule has 9 nitrogen and oxygen atoms in total. The van der Waals surface area contributed by atoms with Crippen LogP contribution in [-0.4, -0.2) is 38.8 Å². The van der Waals surface area contributed by atoms with Crippen molar-refractivity contribution in [1.82, 2.24) is 10.2 Å². The van der Waals surface area contributed by atoms with E-state index in [1.165, 1.54) is 41.3 Å². The van der Waals surface area contributed by atoms with Crippen molar-refractivity contribution < 1.29 is 31.9 Å². The largest absolute Gasteiger partial charge is 0.497 e. The Morgan fingerprint density at radius 2 is 1.35 bits per heavy atom. The fraction of sp³-hybridized carbons (Fsp3) is 0.135. The van der Waals surface area contributed by atoms with Crippen molar-refractivity contribution in [3.05, 3.63) is 156 Å². The van der Waals surface area contributed by atoms with Gasteiger partial charge in [0.15, 0.2) is 6.61 Å². The zero-order chi connectivity index (χ0) is 33.9. The molecule has 5 rings (SSSR count).